The van der Waals surface area contributed by atoms with E-state index >= 15 is 0 Å². The van der Waals surface area contributed by atoms with Gasteiger partial charge in [-0.05, 0) is 32.4 Å². The second-order valence-corrected chi connectivity index (χ2v) is 6.02. The third-order valence-electron chi connectivity index (χ3n) is 4.02. The lowest BCUT2D eigenvalue weighted by Gasteiger charge is -2.39. The van der Waals surface area contributed by atoms with Crippen LogP contribution in [0.2, 0.25) is 0 Å². The molecule has 106 valence electrons. The van der Waals surface area contributed by atoms with Crippen molar-refractivity contribution >= 4 is 0 Å². The first-order valence-electron chi connectivity index (χ1n) is 7.15. The third kappa shape index (κ3) is 4.03. The highest BCUT2D eigenvalue weighted by molar-refractivity contribution is 5.21. The summed E-state index contributed by atoms with van der Waals surface area (Å²) in [7, 11) is 2.17. The van der Waals surface area contributed by atoms with Crippen LogP contribution in [-0.2, 0) is 11.3 Å². The standard InChI is InChI=1S/C16H26N2O/c1-14-4-6-15(7-5-14)10-18(2)12-16(11-17)8-3-9-19-13-16/h4-7H,3,8-13,17H2,1-2H3. The summed E-state index contributed by atoms with van der Waals surface area (Å²) in [6.07, 6.45) is 2.32. The summed E-state index contributed by atoms with van der Waals surface area (Å²) in [5.74, 6) is 0. The van der Waals surface area contributed by atoms with Crippen LogP contribution >= 0.6 is 0 Å². The zero-order chi connectivity index (χ0) is 13.7. The second-order valence-electron chi connectivity index (χ2n) is 6.02. The van der Waals surface area contributed by atoms with E-state index in [2.05, 4.69) is 43.1 Å². The van der Waals surface area contributed by atoms with Crippen LogP contribution in [-0.4, -0.2) is 38.3 Å². The van der Waals surface area contributed by atoms with Crippen molar-refractivity contribution in [3.8, 4) is 0 Å². The zero-order valence-corrected chi connectivity index (χ0v) is 12.2. The fourth-order valence-electron chi connectivity index (χ4n) is 2.89. The van der Waals surface area contributed by atoms with E-state index < -0.39 is 0 Å². The van der Waals surface area contributed by atoms with Crippen molar-refractivity contribution in [3.05, 3.63) is 35.4 Å². The molecule has 3 nitrogen and oxygen atoms in total. The lowest BCUT2D eigenvalue weighted by atomic mass is 9.82. The highest BCUT2D eigenvalue weighted by Gasteiger charge is 2.32. The number of hydrogen-bond acceptors (Lipinski definition) is 3. The van der Waals surface area contributed by atoms with Crippen LogP contribution in [0.5, 0.6) is 0 Å². The Labute approximate surface area is 116 Å². The molecule has 1 atom stereocenters. The van der Waals surface area contributed by atoms with Crippen molar-refractivity contribution in [2.45, 2.75) is 26.3 Å². The molecule has 0 aliphatic carbocycles. The topological polar surface area (TPSA) is 38.5 Å². The van der Waals surface area contributed by atoms with Crippen LogP contribution in [0, 0.1) is 12.3 Å². The Morgan fingerprint density at radius 1 is 1.32 bits per heavy atom. The van der Waals surface area contributed by atoms with Crippen LogP contribution in [0.15, 0.2) is 24.3 Å². The maximum Gasteiger partial charge on any atom is 0.0546 e. The summed E-state index contributed by atoms with van der Waals surface area (Å²) in [6.45, 7) is 6.52. The van der Waals surface area contributed by atoms with Crippen LogP contribution in [0.1, 0.15) is 24.0 Å². The molecule has 19 heavy (non-hydrogen) atoms. The molecule has 0 radical (unpaired) electrons. The highest BCUT2D eigenvalue weighted by atomic mass is 16.5. The lowest BCUT2D eigenvalue weighted by molar-refractivity contribution is -0.0192. The lowest BCUT2D eigenvalue weighted by Crippen LogP contribution is -2.46. The number of ether oxygens (including phenoxy) is 1. The van der Waals surface area contributed by atoms with Gasteiger partial charge >= 0.3 is 0 Å². The first-order valence-corrected chi connectivity index (χ1v) is 7.15. The van der Waals surface area contributed by atoms with E-state index in [0.717, 1.165) is 32.7 Å². The minimum atomic E-state index is 0.150. The molecule has 0 spiro atoms. The molecular formula is C16H26N2O. The predicted molar refractivity (Wildman–Crippen MR) is 79.1 cm³/mol. The normalized spacial score (nSPS) is 23.8. The largest absolute Gasteiger partial charge is 0.381 e. The Morgan fingerprint density at radius 3 is 2.63 bits per heavy atom. The monoisotopic (exact) mass is 262 g/mol. The summed E-state index contributed by atoms with van der Waals surface area (Å²) in [5, 5.41) is 0. The summed E-state index contributed by atoms with van der Waals surface area (Å²) < 4.78 is 5.64. The molecule has 1 fully saturated rings. The van der Waals surface area contributed by atoms with Crippen LogP contribution < -0.4 is 5.73 Å². The molecule has 1 aliphatic heterocycles. The summed E-state index contributed by atoms with van der Waals surface area (Å²) >= 11 is 0. The fourth-order valence-corrected chi connectivity index (χ4v) is 2.89. The van der Waals surface area contributed by atoms with Gasteiger partial charge in [-0.2, -0.15) is 0 Å². The average molecular weight is 262 g/mol. The smallest absolute Gasteiger partial charge is 0.0546 e. The van der Waals surface area contributed by atoms with Gasteiger partial charge in [-0.3, -0.25) is 0 Å². The van der Waals surface area contributed by atoms with Crippen LogP contribution in [0.25, 0.3) is 0 Å². The number of rotatable bonds is 5. The van der Waals surface area contributed by atoms with Crippen molar-refractivity contribution in [3.63, 3.8) is 0 Å². The first-order chi connectivity index (χ1) is 9.13. The van der Waals surface area contributed by atoms with E-state index in [1.807, 2.05) is 0 Å². The van der Waals surface area contributed by atoms with Crippen molar-refractivity contribution in [2.75, 3.05) is 33.4 Å². The zero-order valence-electron chi connectivity index (χ0n) is 12.2. The van der Waals surface area contributed by atoms with Crippen molar-refractivity contribution in [1.29, 1.82) is 0 Å². The molecule has 0 saturated carbocycles. The number of benzene rings is 1. The van der Waals surface area contributed by atoms with Crippen molar-refractivity contribution in [2.24, 2.45) is 11.1 Å². The number of nitrogens with two attached hydrogens (primary N) is 1. The molecule has 0 aromatic heterocycles. The van der Waals surface area contributed by atoms with E-state index in [-0.39, 0.29) is 5.41 Å². The highest BCUT2D eigenvalue weighted by Crippen LogP contribution is 2.28. The van der Waals surface area contributed by atoms with Crippen molar-refractivity contribution < 1.29 is 4.74 Å². The van der Waals surface area contributed by atoms with Gasteiger partial charge in [0.05, 0.1) is 6.61 Å². The van der Waals surface area contributed by atoms with Crippen LogP contribution in [0.4, 0.5) is 0 Å². The van der Waals surface area contributed by atoms with Gasteiger partial charge in [0.25, 0.3) is 0 Å². The van der Waals surface area contributed by atoms with Gasteiger partial charge in [-0.1, -0.05) is 29.8 Å². The first kappa shape index (κ1) is 14.5. The number of aryl methyl sites for hydroxylation is 1. The minimum absolute atomic E-state index is 0.150. The quantitative estimate of drug-likeness (QED) is 0.884. The predicted octanol–water partition coefficient (Wildman–Crippen LogP) is 2.18. The second kappa shape index (κ2) is 6.51. The SMILES string of the molecule is Cc1ccc(CN(C)CC2(CN)CCCOC2)cc1. The molecule has 0 bridgehead atoms. The van der Waals surface area contributed by atoms with E-state index in [4.69, 9.17) is 10.5 Å². The summed E-state index contributed by atoms with van der Waals surface area (Å²) in [6, 6.07) is 8.76. The molecule has 2 N–H and O–H groups in total. The molecule has 1 aromatic rings. The Bertz CT molecular complexity index is 382. The Hall–Kier alpha value is -0.900. The average Bonchev–Trinajstić information content (AvgIpc) is 2.42. The van der Waals surface area contributed by atoms with E-state index in [1.165, 1.54) is 17.5 Å². The van der Waals surface area contributed by atoms with Gasteiger partial charge < -0.3 is 15.4 Å². The number of nitrogens with zero attached hydrogens (tertiary/aromatic N) is 1. The Morgan fingerprint density at radius 2 is 2.05 bits per heavy atom. The fraction of sp³-hybridized carbons (Fsp3) is 0.625. The van der Waals surface area contributed by atoms with E-state index in [1.54, 1.807) is 0 Å². The molecule has 3 heteroatoms. The van der Waals surface area contributed by atoms with Gasteiger partial charge in [0.15, 0.2) is 0 Å². The van der Waals surface area contributed by atoms with E-state index in [9.17, 15) is 0 Å². The molecule has 1 unspecified atom stereocenters. The maximum atomic E-state index is 5.99. The van der Waals surface area contributed by atoms with Gasteiger partial charge in [-0.15, -0.1) is 0 Å². The molecular weight excluding hydrogens is 236 g/mol. The molecule has 1 heterocycles. The molecule has 1 saturated heterocycles. The Kier molecular flexibility index (Phi) is 4.97. The van der Waals surface area contributed by atoms with Gasteiger partial charge in [0.1, 0.15) is 0 Å². The van der Waals surface area contributed by atoms with Crippen molar-refractivity contribution in [1.82, 2.24) is 4.90 Å². The molecule has 1 aliphatic rings. The maximum absolute atomic E-state index is 5.99. The van der Waals surface area contributed by atoms with Crippen LogP contribution in [0.3, 0.4) is 0 Å². The summed E-state index contributed by atoms with van der Waals surface area (Å²) in [4.78, 5) is 2.37. The van der Waals surface area contributed by atoms with E-state index in [0.29, 0.717) is 6.54 Å². The minimum Gasteiger partial charge on any atom is -0.381 e. The number of hydrogen-bond donors (Lipinski definition) is 1. The molecule has 0 amide bonds. The third-order valence-corrected chi connectivity index (χ3v) is 4.02. The molecule has 1 aromatic carbocycles. The summed E-state index contributed by atoms with van der Waals surface area (Å²) in [5.41, 5.74) is 8.81. The van der Waals surface area contributed by atoms with Gasteiger partial charge in [-0.25, -0.2) is 0 Å². The van der Waals surface area contributed by atoms with Gasteiger partial charge in [0, 0.05) is 31.7 Å². The Balaban J connectivity index is 1.92. The van der Waals surface area contributed by atoms with Gasteiger partial charge in [0.2, 0.25) is 0 Å². The molecule has 2 rings (SSSR count).